The van der Waals surface area contributed by atoms with Gasteiger partial charge in [0.15, 0.2) is 0 Å². The summed E-state index contributed by atoms with van der Waals surface area (Å²) in [5.41, 5.74) is 8.19. The van der Waals surface area contributed by atoms with Gasteiger partial charge in [-0.05, 0) is 30.3 Å². The third kappa shape index (κ3) is 2.24. The zero-order chi connectivity index (χ0) is 8.10. The fourth-order valence-electron chi connectivity index (χ4n) is 1.16. The second kappa shape index (κ2) is 4.41. The molecule has 0 amide bonds. The Hall–Kier alpha value is -0.480. The highest BCUT2D eigenvalue weighted by Crippen LogP contribution is 2.08. The van der Waals surface area contributed by atoms with Gasteiger partial charge in [-0.25, -0.2) is 4.84 Å². The predicted octanol–water partition coefficient (Wildman–Crippen LogP) is 0.771. The van der Waals surface area contributed by atoms with E-state index in [4.69, 9.17) is 17.3 Å². The van der Waals surface area contributed by atoms with E-state index in [2.05, 4.69) is 20.2 Å². The number of nitrogens with zero attached hydrogens (tertiary/aromatic N) is 3. The van der Waals surface area contributed by atoms with Crippen molar-refractivity contribution < 1.29 is 0 Å². The highest BCUT2D eigenvalue weighted by Gasteiger charge is 2.22. The summed E-state index contributed by atoms with van der Waals surface area (Å²) < 4.78 is 0. The van der Waals surface area contributed by atoms with Gasteiger partial charge in [0.05, 0.1) is 6.04 Å². The molecule has 0 saturated carbocycles. The largest absolute Gasteiger partial charge is 0.316 e. The van der Waals surface area contributed by atoms with Gasteiger partial charge < -0.3 is 5.32 Å². The van der Waals surface area contributed by atoms with E-state index in [0.29, 0.717) is 6.54 Å². The van der Waals surface area contributed by atoms with Crippen LogP contribution in [0.2, 0.25) is 0 Å². The molecule has 1 saturated heterocycles. The van der Waals surface area contributed by atoms with Crippen molar-refractivity contribution in [3.8, 4) is 0 Å². The first-order chi connectivity index (χ1) is 5.38. The summed E-state index contributed by atoms with van der Waals surface area (Å²) in [4.78, 5) is 5.35. The summed E-state index contributed by atoms with van der Waals surface area (Å²) in [5.74, 6) is 0. The third-order valence-electron chi connectivity index (χ3n) is 1.79. The maximum Gasteiger partial charge on any atom is 0.0665 e. The lowest BCUT2D eigenvalue weighted by Crippen LogP contribution is -2.47. The SMILES string of the molecule is [N-]=[N+]=N[C@H]1CNCC[C@H]1NCl. The molecule has 1 rings (SSSR count). The van der Waals surface area contributed by atoms with Crippen LogP contribution in [0.25, 0.3) is 10.4 Å². The Morgan fingerprint density at radius 2 is 2.55 bits per heavy atom. The van der Waals surface area contributed by atoms with Gasteiger partial charge in [-0.2, -0.15) is 0 Å². The molecule has 2 atom stereocenters. The smallest absolute Gasteiger partial charge is 0.0665 e. The molecule has 0 aliphatic carbocycles. The Morgan fingerprint density at radius 1 is 1.73 bits per heavy atom. The minimum Gasteiger partial charge on any atom is -0.316 e. The van der Waals surface area contributed by atoms with Crippen molar-refractivity contribution in [2.24, 2.45) is 5.11 Å². The van der Waals surface area contributed by atoms with E-state index in [1.165, 1.54) is 0 Å². The lowest BCUT2D eigenvalue weighted by atomic mass is 10.0. The molecule has 0 aromatic carbocycles. The molecule has 1 aliphatic rings. The van der Waals surface area contributed by atoms with Crippen molar-refractivity contribution in [2.45, 2.75) is 18.5 Å². The first-order valence-corrected chi connectivity index (χ1v) is 3.87. The van der Waals surface area contributed by atoms with Gasteiger partial charge in [-0.15, -0.1) is 0 Å². The van der Waals surface area contributed by atoms with Gasteiger partial charge >= 0.3 is 0 Å². The normalized spacial score (nSPS) is 31.0. The van der Waals surface area contributed by atoms with E-state index in [-0.39, 0.29) is 12.1 Å². The van der Waals surface area contributed by atoms with Crippen LogP contribution in [0, 0.1) is 0 Å². The third-order valence-corrected chi connectivity index (χ3v) is 2.07. The maximum absolute atomic E-state index is 8.19. The Balaban J connectivity index is 2.50. The molecule has 0 radical (unpaired) electrons. The molecule has 0 aromatic heterocycles. The van der Waals surface area contributed by atoms with E-state index in [1.54, 1.807) is 0 Å². The lowest BCUT2D eigenvalue weighted by molar-refractivity contribution is 0.382. The second-order valence-electron chi connectivity index (χ2n) is 2.48. The average molecular weight is 176 g/mol. The number of hydrogen-bond acceptors (Lipinski definition) is 3. The summed E-state index contributed by atoms with van der Waals surface area (Å²) in [7, 11) is 0. The molecule has 11 heavy (non-hydrogen) atoms. The summed E-state index contributed by atoms with van der Waals surface area (Å²) in [6.07, 6.45) is 0.896. The van der Waals surface area contributed by atoms with Gasteiger partial charge in [0.2, 0.25) is 0 Å². The predicted molar refractivity (Wildman–Crippen MR) is 43.2 cm³/mol. The van der Waals surface area contributed by atoms with Crippen molar-refractivity contribution >= 4 is 11.8 Å². The zero-order valence-corrected chi connectivity index (χ0v) is 6.75. The van der Waals surface area contributed by atoms with Crippen LogP contribution in [0.3, 0.4) is 0 Å². The van der Waals surface area contributed by atoms with E-state index >= 15 is 0 Å². The van der Waals surface area contributed by atoms with Crippen LogP contribution in [-0.2, 0) is 0 Å². The van der Waals surface area contributed by atoms with E-state index in [9.17, 15) is 0 Å². The molecule has 0 aromatic rings. The molecule has 0 bridgehead atoms. The van der Waals surface area contributed by atoms with Crippen molar-refractivity contribution in [2.75, 3.05) is 13.1 Å². The van der Waals surface area contributed by atoms with Crippen LogP contribution < -0.4 is 10.2 Å². The highest BCUT2D eigenvalue weighted by molar-refractivity contribution is 6.13. The van der Waals surface area contributed by atoms with Gasteiger partial charge in [0.25, 0.3) is 0 Å². The number of azide groups is 1. The van der Waals surface area contributed by atoms with Crippen molar-refractivity contribution in [1.82, 2.24) is 10.2 Å². The highest BCUT2D eigenvalue weighted by atomic mass is 35.5. The Labute approximate surface area is 69.8 Å². The molecular weight excluding hydrogens is 166 g/mol. The van der Waals surface area contributed by atoms with Crippen molar-refractivity contribution in [3.05, 3.63) is 10.4 Å². The molecule has 62 valence electrons. The van der Waals surface area contributed by atoms with Gasteiger partial charge in [-0.3, -0.25) is 0 Å². The molecule has 2 N–H and O–H groups in total. The van der Waals surface area contributed by atoms with Crippen molar-refractivity contribution in [1.29, 1.82) is 0 Å². The maximum atomic E-state index is 8.19. The van der Waals surface area contributed by atoms with Gasteiger partial charge in [-0.1, -0.05) is 5.11 Å². The number of piperidine rings is 1. The zero-order valence-electron chi connectivity index (χ0n) is 6.00. The van der Waals surface area contributed by atoms with Gasteiger partial charge in [0, 0.05) is 17.5 Å². The van der Waals surface area contributed by atoms with Gasteiger partial charge in [0.1, 0.15) is 0 Å². The van der Waals surface area contributed by atoms with Crippen LogP contribution >= 0.6 is 11.8 Å². The monoisotopic (exact) mass is 175 g/mol. The summed E-state index contributed by atoms with van der Waals surface area (Å²) in [5, 5.41) is 6.73. The number of nitrogens with one attached hydrogen (secondary N) is 2. The van der Waals surface area contributed by atoms with E-state index < -0.39 is 0 Å². The average Bonchev–Trinajstić information content (AvgIpc) is 2.06. The Kier molecular flexibility index (Phi) is 3.45. The molecule has 0 unspecified atom stereocenters. The van der Waals surface area contributed by atoms with Crippen LogP contribution in [0.4, 0.5) is 0 Å². The summed E-state index contributed by atoms with van der Waals surface area (Å²) in [6.45, 7) is 1.62. The molecule has 5 nitrogen and oxygen atoms in total. The Morgan fingerprint density at radius 3 is 3.18 bits per heavy atom. The fraction of sp³-hybridized carbons (Fsp3) is 1.00. The minimum atomic E-state index is -0.0637. The van der Waals surface area contributed by atoms with E-state index in [1.807, 2.05) is 0 Å². The van der Waals surface area contributed by atoms with Crippen molar-refractivity contribution in [3.63, 3.8) is 0 Å². The quantitative estimate of drug-likeness (QED) is 0.282. The summed E-state index contributed by atoms with van der Waals surface area (Å²) in [6, 6.07) is 0.0417. The standard InChI is InChI=1S/C5H10ClN5/c6-9-4-1-2-8-3-5(4)10-11-7/h4-5,8-9H,1-3H2/t4-,5+/m1/s1. The Bertz CT molecular complexity index is 166. The second-order valence-corrected chi connectivity index (χ2v) is 2.70. The molecule has 1 aliphatic heterocycles. The molecule has 1 heterocycles. The molecular formula is C5H10ClN5. The molecule has 1 fully saturated rings. The van der Waals surface area contributed by atoms with Crippen LogP contribution in [0.15, 0.2) is 5.11 Å². The first-order valence-electron chi connectivity index (χ1n) is 3.49. The van der Waals surface area contributed by atoms with Crippen LogP contribution in [0.5, 0.6) is 0 Å². The first kappa shape index (κ1) is 8.62. The minimum absolute atomic E-state index is 0.0637. The number of rotatable bonds is 2. The number of halogens is 1. The van der Waals surface area contributed by atoms with Crippen LogP contribution in [0.1, 0.15) is 6.42 Å². The summed E-state index contributed by atoms with van der Waals surface area (Å²) >= 11 is 5.45. The topological polar surface area (TPSA) is 72.8 Å². The fourth-order valence-corrected chi connectivity index (χ4v) is 1.41. The number of hydrogen-bond donors (Lipinski definition) is 2. The molecule has 0 spiro atoms. The molecule has 6 heteroatoms. The van der Waals surface area contributed by atoms with E-state index in [0.717, 1.165) is 13.0 Å². The lowest BCUT2D eigenvalue weighted by Gasteiger charge is -2.27. The van der Waals surface area contributed by atoms with Crippen LogP contribution in [-0.4, -0.2) is 25.2 Å².